The van der Waals surface area contributed by atoms with E-state index in [1.165, 1.54) is 12.1 Å². The highest BCUT2D eigenvalue weighted by molar-refractivity contribution is 6.18. The van der Waals surface area contributed by atoms with E-state index >= 15 is 0 Å². The van der Waals surface area contributed by atoms with E-state index < -0.39 is 16.7 Å². The second-order valence-corrected chi connectivity index (χ2v) is 4.55. The van der Waals surface area contributed by atoms with Crippen LogP contribution in [0.4, 0.5) is 11.4 Å². The Morgan fingerprint density at radius 2 is 2.04 bits per heavy atom. The minimum absolute atomic E-state index is 0.0402. The number of fused-ring (bicyclic) bond motifs is 1. The lowest BCUT2D eigenvalue weighted by molar-refractivity contribution is -0.383. The Bertz CT molecular complexity index is 857. The number of nitro groups is 1. The number of hydrogen-bond donors (Lipinski definition) is 2. The lowest BCUT2D eigenvalue weighted by atomic mass is 10.2. The lowest BCUT2D eigenvalue weighted by Crippen LogP contribution is -2.34. The fraction of sp³-hybridized carbons (Fsp3) is 0.167. The summed E-state index contributed by atoms with van der Waals surface area (Å²) < 4.78 is 4.51. The highest BCUT2D eigenvalue weighted by atomic mass is 16.6. The number of aliphatic hydroxyl groups excluding tert-OH is 1. The molecule has 23 heavy (non-hydrogen) atoms. The minimum atomic E-state index is -0.636. The summed E-state index contributed by atoms with van der Waals surface area (Å²) in [6.45, 7) is -0.478. The van der Waals surface area contributed by atoms with E-state index in [0.29, 0.717) is 0 Å². The van der Waals surface area contributed by atoms with Crippen molar-refractivity contribution >= 4 is 34.2 Å². The van der Waals surface area contributed by atoms with Crippen molar-refractivity contribution in [2.24, 2.45) is 0 Å². The van der Waals surface area contributed by atoms with Crippen molar-refractivity contribution < 1.29 is 24.2 Å². The molecule has 1 aliphatic rings. The molecule has 0 atom stereocenters. The van der Waals surface area contributed by atoms with Gasteiger partial charge in [-0.05, 0) is 16.4 Å². The molecule has 1 aromatic carbocycles. The summed E-state index contributed by atoms with van der Waals surface area (Å²) in [4.78, 5) is 34.9. The van der Waals surface area contributed by atoms with Gasteiger partial charge in [-0.2, -0.15) is 0 Å². The zero-order chi connectivity index (χ0) is 16.6. The third-order valence-electron chi connectivity index (χ3n) is 3.19. The highest BCUT2D eigenvalue weighted by Gasteiger charge is 2.31. The fourth-order valence-corrected chi connectivity index (χ4v) is 2.16. The number of aromatic nitrogens is 2. The van der Waals surface area contributed by atoms with Gasteiger partial charge in [-0.15, -0.1) is 0 Å². The Morgan fingerprint density at radius 3 is 2.74 bits per heavy atom. The molecule has 11 nitrogen and oxygen atoms in total. The van der Waals surface area contributed by atoms with Gasteiger partial charge in [-0.3, -0.25) is 24.6 Å². The van der Waals surface area contributed by atoms with Crippen LogP contribution in [0.5, 0.6) is 0 Å². The summed E-state index contributed by atoms with van der Waals surface area (Å²) in [6, 6.07) is 2.51. The number of hydrogen-bond acceptors (Lipinski definition) is 9. The number of benzene rings is 1. The number of carbonyl (C=O) groups excluding carboxylic acids is 2. The van der Waals surface area contributed by atoms with E-state index in [9.17, 15) is 19.7 Å². The van der Waals surface area contributed by atoms with E-state index in [1.807, 2.05) is 0 Å². The number of rotatable bonds is 5. The van der Waals surface area contributed by atoms with Gasteiger partial charge in [0, 0.05) is 12.1 Å². The zero-order valence-corrected chi connectivity index (χ0v) is 11.4. The van der Waals surface area contributed by atoms with Gasteiger partial charge in [0.1, 0.15) is 5.70 Å². The van der Waals surface area contributed by atoms with Crippen LogP contribution in [0.2, 0.25) is 0 Å². The SMILES string of the molecule is O=C1C=C(Nc2ccc([N+](=O)[O-])c3nonc23)C(=O)N1CCO. The molecule has 1 aliphatic heterocycles. The van der Waals surface area contributed by atoms with Crippen LogP contribution in [0.3, 0.4) is 0 Å². The molecule has 0 aliphatic carbocycles. The van der Waals surface area contributed by atoms with Gasteiger partial charge in [-0.25, -0.2) is 4.63 Å². The number of amides is 2. The molecule has 118 valence electrons. The molecular weight excluding hydrogens is 310 g/mol. The van der Waals surface area contributed by atoms with Crippen LogP contribution in [0.15, 0.2) is 28.5 Å². The van der Waals surface area contributed by atoms with E-state index in [-0.39, 0.29) is 41.3 Å². The predicted molar refractivity (Wildman–Crippen MR) is 74.0 cm³/mol. The normalized spacial score (nSPS) is 14.5. The molecule has 0 fully saturated rings. The molecule has 2 heterocycles. The number of aliphatic hydroxyl groups is 1. The number of carbonyl (C=O) groups is 2. The molecule has 3 rings (SSSR count). The van der Waals surface area contributed by atoms with Crippen LogP contribution in [0.25, 0.3) is 11.0 Å². The van der Waals surface area contributed by atoms with Gasteiger partial charge < -0.3 is 10.4 Å². The van der Waals surface area contributed by atoms with Crippen molar-refractivity contribution in [1.82, 2.24) is 15.2 Å². The average molecular weight is 319 g/mol. The molecule has 0 unspecified atom stereocenters. The fourth-order valence-electron chi connectivity index (χ4n) is 2.16. The largest absolute Gasteiger partial charge is 0.395 e. The first-order valence-electron chi connectivity index (χ1n) is 6.38. The third kappa shape index (κ3) is 2.38. The second kappa shape index (κ2) is 5.46. The maximum absolute atomic E-state index is 12.1. The molecule has 0 saturated heterocycles. The van der Waals surface area contributed by atoms with E-state index in [4.69, 9.17) is 5.11 Å². The highest BCUT2D eigenvalue weighted by Crippen LogP contribution is 2.30. The lowest BCUT2D eigenvalue weighted by Gasteiger charge is -2.13. The maximum atomic E-state index is 12.1. The summed E-state index contributed by atoms with van der Waals surface area (Å²) in [5.74, 6) is -1.19. The first-order valence-corrected chi connectivity index (χ1v) is 6.38. The Kier molecular flexibility index (Phi) is 3.46. The molecule has 2 aromatic rings. The molecule has 0 radical (unpaired) electrons. The molecule has 0 bridgehead atoms. The predicted octanol–water partition coefficient (Wildman–Crippen LogP) is -0.212. The van der Waals surface area contributed by atoms with Crippen molar-refractivity contribution in [2.75, 3.05) is 18.5 Å². The number of β-amino-alcohol motifs (C(OH)–C–C–N with tert-alkyl or cyclic N) is 1. The quantitative estimate of drug-likeness (QED) is 0.433. The van der Waals surface area contributed by atoms with Crippen LogP contribution < -0.4 is 5.32 Å². The molecule has 2 N–H and O–H groups in total. The molecular formula is C12H9N5O6. The third-order valence-corrected chi connectivity index (χ3v) is 3.19. The summed E-state index contributed by atoms with van der Waals surface area (Å²) in [5, 5.41) is 29.5. The van der Waals surface area contributed by atoms with Crippen molar-refractivity contribution in [2.45, 2.75) is 0 Å². The Hall–Kier alpha value is -3.34. The topological polar surface area (TPSA) is 152 Å². The molecule has 11 heteroatoms. The van der Waals surface area contributed by atoms with Crippen molar-refractivity contribution in [3.8, 4) is 0 Å². The number of nitrogens with one attached hydrogen (secondary N) is 1. The number of nitro benzene ring substituents is 1. The van der Waals surface area contributed by atoms with Gasteiger partial charge in [0.05, 0.1) is 23.8 Å². The van der Waals surface area contributed by atoms with Gasteiger partial charge in [0.2, 0.25) is 5.52 Å². The first-order chi connectivity index (χ1) is 11.0. The minimum Gasteiger partial charge on any atom is -0.395 e. The number of non-ortho nitro benzene ring substituents is 1. The second-order valence-electron chi connectivity index (χ2n) is 4.55. The van der Waals surface area contributed by atoms with Gasteiger partial charge in [0.15, 0.2) is 5.52 Å². The van der Waals surface area contributed by atoms with E-state index in [2.05, 4.69) is 20.3 Å². The molecule has 1 aromatic heterocycles. The average Bonchev–Trinajstić information content (AvgIpc) is 3.09. The number of anilines is 1. The van der Waals surface area contributed by atoms with Crippen molar-refractivity contribution in [3.05, 3.63) is 34.0 Å². The summed E-state index contributed by atoms with van der Waals surface area (Å²) >= 11 is 0. The summed E-state index contributed by atoms with van der Waals surface area (Å²) in [6.07, 6.45) is 1.07. The van der Waals surface area contributed by atoms with E-state index in [1.54, 1.807) is 0 Å². The monoisotopic (exact) mass is 319 g/mol. The van der Waals surface area contributed by atoms with Crippen LogP contribution in [-0.2, 0) is 9.59 Å². The van der Waals surface area contributed by atoms with Crippen LogP contribution in [-0.4, -0.2) is 50.2 Å². The van der Waals surface area contributed by atoms with Crippen LogP contribution in [0.1, 0.15) is 0 Å². The van der Waals surface area contributed by atoms with E-state index in [0.717, 1.165) is 11.0 Å². The first kappa shape index (κ1) is 14.6. The standard InChI is InChI=1S/C12H9N5O6/c18-4-3-16-9(19)5-7(12(16)20)13-6-1-2-8(17(21)22)11-10(6)14-23-15-11/h1-2,5,13,18H,3-4H2. The molecule has 2 amide bonds. The maximum Gasteiger partial charge on any atom is 0.300 e. The number of imide groups is 1. The smallest absolute Gasteiger partial charge is 0.300 e. The molecule has 0 saturated carbocycles. The van der Waals surface area contributed by atoms with Crippen LogP contribution >= 0.6 is 0 Å². The summed E-state index contributed by atoms with van der Waals surface area (Å²) in [5.41, 5.74) is -0.131. The zero-order valence-electron chi connectivity index (χ0n) is 11.4. The van der Waals surface area contributed by atoms with Gasteiger partial charge in [0.25, 0.3) is 11.8 Å². The molecule has 0 spiro atoms. The van der Waals surface area contributed by atoms with Crippen LogP contribution in [0, 0.1) is 10.1 Å². The number of nitrogens with zero attached hydrogens (tertiary/aromatic N) is 4. The summed E-state index contributed by atoms with van der Waals surface area (Å²) in [7, 11) is 0. The Labute approximate surface area is 127 Å². The van der Waals surface area contributed by atoms with Gasteiger partial charge in [-0.1, -0.05) is 0 Å². The Morgan fingerprint density at radius 1 is 1.30 bits per heavy atom. The Balaban J connectivity index is 1.94. The van der Waals surface area contributed by atoms with Gasteiger partial charge >= 0.3 is 5.69 Å². The van der Waals surface area contributed by atoms with Crippen molar-refractivity contribution in [1.29, 1.82) is 0 Å². The van der Waals surface area contributed by atoms with Crippen molar-refractivity contribution in [3.63, 3.8) is 0 Å².